The second-order valence-electron chi connectivity index (χ2n) is 10.4. The van der Waals surface area contributed by atoms with Gasteiger partial charge in [-0.1, -0.05) is 12.1 Å². The van der Waals surface area contributed by atoms with E-state index in [1.54, 1.807) is 24.3 Å². The van der Waals surface area contributed by atoms with Gasteiger partial charge >= 0.3 is 6.18 Å². The van der Waals surface area contributed by atoms with Crippen LogP contribution in [-0.2, 0) is 17.5 Å². The normalized spacial score (nSPS) is 21.9. The van der Waals surface area contributed by atoms with Gasteiger partial charge in [0.05, 0.1) is 23.1 Å². The highest BCUT2D eigenvalue weighted by molar-refractivity contribution is 5.82. The number of halogens is 3. The van der Waals surface area contributed by atoms with Crippen molar-refractivity contribution in [1.82, 2.24) is 10.2 Å². The zero-order chi connectivity index (χ0) is 25.5. The average Bonchev–Trinajstić information content (AvgIpc) is 3.58. The van der Waals surface area contributed by atoms with E-state index >= 15 is 0 Å². The van der Waals surface area contributed by atoms with Crippen molar-refractivity contribution in [3.63, 3.8) is 0 Å². The molecule has 2 heterocycles. The highest BCUT2D eigenvalue weighted by Crippen LogP contribution is 2.47. The van der Waals surface area contributed by atoms with E-state index in [2.05, 4.69) is 10.2 Å². The van der Waals surface area contributed by atoms with Crippen molar-refractivity contribution < 1.29 is 23.1 Å². The van der Waals surface area contributed by atoms with Gasteiger partial charge < -0.3 is 15.3 Å². The topological polar surface area (TPSA) is 79.6 Å². The molecule has 2 aromatic rings. The number of carbonyl (C=O) groups is 1. The summed E-state index contributed by atoms with van der Waals surface area (Å²) in [6.45, 7) is 3.07. The van der Waals surface area contributed by atoms with Gasteiger partial charge in [-0.2, -0.15) is 18.4 Å². The van der Waals surface area contributed by atoms with Crippen LogP contribution < -0.4 is 10.2 Å². The van der Waals surface area contributed by atoms with E-state index < -0.39 is 17.3 Å². The molecule has 0 bridgehead atoms. The van der Waals surface area contributed by atoms with Gasteiger partial charge in [-0.25, -0.2) is 0 Å². The van der Waals surface area contributed by atoms with Crippen LogP contribution in [-0.4, -0.2) is 48.1 Å². The van der Waals surface area contributed by atoms with Crippen LogP contribution in [0.1, 0.15) is 42.4 Å². The van der Waals surface area contributed by atoms with E-state index in [4.69, 9.17) is 5.26 Å². The van der Waals surface area contributed by atoms with Gasteiger partial charge in [0.15, 0.2) is 0 Å². The number of piperidine rings is 1. The van der Waals surface area contributed by atoms with Gasteiger partial charge in [-0.3, -0.25) is 9.69 Å². The molecule has 1 atom stereocenters. The van der Waals surface area contributed by atoms with Gasteiger partial charge in [0.25, 0.3) is 0 Å². The van der Waals surface area contributed by atoms with Crippen molar-refractivity contribution in [3.8, 4) is 11.8 Å². The largest absolute Gasteiger partial charge is 0.508 e. The molecule has 2 aliphatic heterocycles. The lowest BCUT2D eigenvalue weighted by Gasteiger charge is -2.42. The number of anilines is 1. The number of phenols is 1. The SMILES string of the molecule is N#Cc1ccc(N2CC(C(=O)NC3CC3)C3(CCN(Cc4cccc(O)c4)CC3)C2)cc1C(F)(F)F. The van der Waals surface area contributed by atoms with E-state index in [0.717, 1.165) is 50.4 Å². The third-order valence-electron chi connectivity index (χ3n) is 7.85. The lowest BCUT2D eigenvalue weighted by molar-refractivity contribution is -0.137. The maximum absolute atomic E-state index is 13.6. The van der Waals surface area contributed by atoms with Gasteiger partial charge in [0.1, 0.15) is 5.75 Å². The fraction of sp³-hybridized carbons (Fsp3) is 0.481. The summed E-state index contributed by atoms with van der Waals surface area (Å²) < 4.78 is 40.8. The predicted molar refractivity (Wildman–Crippen MR) is 128 cm³/mol. The van der Waals surface area contributed by atoms with Crippen molar-refractivity contribution in [2.24, 2.45) is 11.3 Å². The molecule has 190 valence electrons. The van der Waals surface area contributed by atoms with Crippen LogP contribution >= 0.6 is 0 Å². The molecule has 3 aliphatic rings. The van der Waals surface area contributed by atoms with E-state index in [-0.39, 0.29) is 29.0 Å². The van der Waals surface area contributed by atoms with Crippen LogP contribution in [0.3, 0.4) is 0 Å². The number of hydrogen-bond acceptors (Lipinski definition) is 5. The highest BCUT2D eigenvalue weighted by atomic mass is 19.4. The minimum atomic E-state index is -4.63. The maximum atomic E-state index is 13.6. The molecule has 0 aromatic heterocycles. The third kappa shape index (κ3) is 5.00. The van der Waals surface area contributed by atoms with Crippen LogP contribution in [0.15, 0.2) is 42.5 Å². The van der Waals surface area contributed by atoms with Crippen LogP contribution in [0.4, 0.5) is 18.9 Å². The predicted octanol–water partition coefficient (Wildman–Crippen LogP) is 4.28. The summed E-state index contributed by atoms with van der Waals surface area (Å²) in [5.74, 6) is -0.0954. The molecule has 0 radical (unpaired) electrons. The number of nitrogens with one attached hydrogen (secondary N) is 1. The van der Waals surface area contributed by atoms with Gasteiger partial charge in [-0.15, -0.1) is 0 Å². The molecule has 1 saturated carbocycles. The Balaban J connectivity index is 1.36. The summed E-state index contributed by atoms with van der Waals surface area (Å²) in [4.78, 5) is 17.5. The Labute approximate surface area is 208 Å². The number of likely N-dealkylation sites (tertiary alicyclic amines) is 1. The molecule has 2 aromatic carbocycles. The quantitative estimate of drug-likeness (QED) is 0.644. The van der Waals surface area contributed by atoms with Crippen molar-refractivity contribution in [1.29, 1.82) is 5.26 Å². The number of alkyl halides is 3. The summed E-state index contributed by atoms with van der Waals surface area (Å²) in [6, 6.07) is 12.8. The molecular formula is C27H29F3N4O2. The average molecular weight is 499 g/mol. The molecule has 5 rings (SSSR count). The van der Waals surface area contributed by atoms with E-state index in [9.17, 15) is 23.1 Å². The number of carbonyl (C=O) groups excluding carboxylic acids is 1. The Morgan fingerprint density at radius 2 is 1.92 bits per heavy atom. The first-order chi connectivity index (χ1) is 17.2. The Morgan fingerprint density at radius 3 is 2.56 bits per heavy atom. The molecule has 1 aliphatic carbocycles. The number of rotatable bonds is 5. The molecule has 2 N–H and O–H groups in total. The van der Waals surface area contributed by atoms with E-state index in [1.807, 2.05) is 17.0 Å². The Morgan fingerprint density at radius 1 is 1.17 bits per heavy atom. The molecule has 1 spiro atoms. The lowest BCUT2D eigenvalue weighted by Crippen LogP contribution is -2.48. The van der Waals surface area contributed by atoms with Crippen molar-refractivity contribution >= 4 is 11.6 Å². The van der Waals surface area contributed by atoms with Crippen LogP contribution in [0.25, 0.3) is 0 Å². The minimum absolute atomic E-state index is 0.00822. The van der Waals surface area contributed by atoms with Crippen LogP contribution in [0, 0.1) is 22.7 Å². The monoisotopic (exact) mass is 498 g/mol. The highest BCUT2D eigenvalue weighted by Gasteiger charge is 2.52. The van der Waals surface area contributed by atoms with Crippen molar-refractivity contribution in [3.05, 3.63) is 59.2 Å². The molecule has 1 unspecified atom stereocenters. The Bertz CT molecular complexity index is 1180. The number of amides is 1. The molecule has 3 fully saturated rings. The van der Waals surface area contributed by atoms with Crippen molar-refractivity contribution in [2.75, 3.05) is 31.1 Å². The smallest absolute Gasteiger partial charge is 0.417 e. The maximum Gasteiger partial charge on any atom is 0.417 e. The summed E-state index contributed by atoms with van der Waals surface area (Å²) in [5.41, 5.74) is -0.267. The summed E-state index contributed by atoms with van der Waals surface area (Å²) in [5, 5.41) is 22.0. The second kappa shape index (κ2) is 9.32. The number of benzene rings is 2. The first kappa shape index (κ1) is 24.4. The Hall–Kier alpha value is -3.25. The summed E-state index contributed by atoms with van der Waals surface area (Å²) >= 11 is 0. The van der Waals surface area contributed by atoms with Gasteiger partial charge in [0, 0.05) is 36.8 Å². The van der Waals surface area contributed by atoms with Crippen LogP contribution in [0.2, 0.25) is 0 Å². The van der Waals surface area contributed by atoms with E-state index in [0.29, 0.717) is 25.3 Å². The third-order valence-corrected chi connectivity index (χ3v) is 7.85. The standard InChI is InChI=1S/C27H29F3N4O2/c28-27(29,30)23-13-21(7-4-19(23)14-31)34-16-24(25(36)32-20-5-6-20)26(17-34)8-10-33(11-9-26)15-18-2-1-3-22(35)12-18/h1-4,7,12-13,20,24,35H,5-6,8-11,15-17H2,(H,32,36). The molecule has 1 amide bonds. The first-order valence-electron chi connectivity index (χ1n) is 12.3. The first-order valence-corrected chi connectivity index (χ1v) is 12.3. The van der Waals surface area contributed by atoms with E-state index in [1.165, 1.54) is 6.07 Å². The summed E-state index contributed by atoms with van der Waals surface area (Å²) in [7, 11) is 0. The minimum Gasteiger partial charge on any atom is -0.508 e. The van der Waals surface area contributed by atoms with Gasteiger partial charge in [-0.05, 0) is 74.7 Å². The zero-order valence-electron chi connectivity index (χ0n) is 19.9. The number of aromatic hydroxyl groups is 1. The Kier molecular flexibility index (Phi) is 6.33. The summed E-state index contributed by atoms with van der Waals surface area (Å²) in [6.07, 6.45) is -1.17. The number of nitrogens with zero attached hydrogens (tertiary/aromatic N) is 3. The number of nitriles is 1. The molecule has 2 saturated heterocycles. The molecule has 9 heteroatoms. The fourth-order valence-electron chi connectivity index (χ4n) is 5.69. The van der Waals surface area contributed by atoms with Crippen molar-refractivity contribution in [2.45, 2.75) is 44.4 Å². The van der Waals surface area contributed by atoms with Gasteiger partial charge in [0.2, 0.25) is 5.91 Å². The fourth-order valence-corrected chi connectivity index (χ4v) is 5.69. The molecule has 36 heavy (non-hydrogen) atoms. The molecule has 6 nitrogen and oxygen atoms in total. The zero-order valence-corrected chi connectivity index (χ0v) is 19.9. The second-order valence-corrected chi connectivity index (χ2v) is 10.4. The number of hydrogen-bond donors (Lipinski definition) is 2. The molecular weight excluding hydrogens is 469 g/mol. The lowest BCUT2D eigenvalue weighted by atomic mass is 9.70. The van der Waals surface area contributed by atoms with Crippen LogP contribution in [0.5, 0.6) is 5.75 Å². The number of phenolic OH excluding ortho intramolecular Hbond substituents is 1.